The van der Waals surface area contributed by atoms with E-state index in [0.29, 0.717) is 26.7 Å². The maximum absolute atomic E-state index is 12.7. The van der Waals surface area contributed by atoms with Gasteiger partial charge >= 0.3 is 0 Å². The van der Waals surface area contributed by atoms with Gasteiger partial charge in [0.05, 0.1) is 16.3 Å². The van der Waals surface area contributed by atoms with Crippen molar-refractivity contribution in [2.24, 2.45) is 0 Å². The van der Waals surface area contributed by atoms with Gasteiger partial charge in [0.15, 0.2) is 5.69 Å². The molecule has 0 spiro atoms. The van der Waals surface area contributed by atoms with Crippen molar-refractivity contribution in [3.05, 3.63) is 75.7 Å². The molecule has 1 amide bonds. The number of carbonyl (C=O) groups excluding carboxylic acids is 1. The van der Waals surface area contributed by atoms with Gasteiger partial charge in [-0.15, -0.1) is 6.58 Å². The van der Waals surface area contributed by atoms with Crippen LogP contribution in [0.5, 0.6) is 0 Å². The number of benzene rings is 1. The van der Waals surface area contributed by atoms with E-state index < -0.39 is 0 Å². The van der Waals surface area contributed by atoms with Gasteiger partial charge in [-0.2, -0.15) is 4.74 Å². The second kappa shape index (κ2) is 6.63. The topological polar surface area (TPSA) is 59.3 Å². The summed E-state index contributed by atoms with van der Waals surface area (Å²) in [6, 6.07) is 10.2. The van der Waals surface area contributed by atoms with Crippen LogP contribution in [0, 0.1) is 5.21 Å². The predicted octanol–water partition coefficient (Wildman–Crippen LogP) is 3.27. The number of hydrogen-bond acceptors (Lipinski definition) is 3. The van der Waals surface area contributed by atoms with Crippen LogP contribution in [0.25, 0.3) is 0 Å². The number of aromatic nitrogens is 1. The third-order valence-corrected chi connectivity index (χ3v) is 4.17. The SMILES string of the molecule is C=CCN1C(=O)C[N+]([O-])=C(c2ccccc2Cl)c2nc(Cl)ccc21. The van der Waals surface area contributed by atoms with Gasteiger partial charge in [-0.25, -0.2) is 4.98 Å². The van der Waals surface area contributed by atoms with E-state index in [4.69, 9.17) is 23.2 Å². The number of nitrogens with zero attached hydrogens (tertiary/aromatic N) is 3. The highest BCUT2D eigenvalue weighted by molar-refractivity contribution is 6.35. The summed E-state index contributed by atoms with van der Waals surface area (Å²) in [7, 11) is 0. The minimum Gasteiger partial charge on any atom is -0.623 e. The highest BCUT2D eigenvalue weighted by atomic mass is 35.5. The monoisotopic (exact) mass is 361 g/mol. The summed E-state index contributed by atoms with van der Waals surface area (Å²) < 4.78 is 0.606. The van der Waals surface area contributed by atoms with Crippen molar-refractivity contribution in [1.82, 2.24) is 4.98 Å². The fraction of sp³-hybridized carbons (Fsp3) is 0.118. The molecule has 1 aromatic carbocycles. The lowest BCUT2D eigenvalue weighted by atomic mass is 10.0. The Kier molecular flexibility index (Phi) is 4.55. The molecule has 0 unspecified atom stereocenters. The molecule has 122 valence electrons. The number of halogens is 2. The predicted molar refractivity (Wildman–Crippen MR) is 95.0 cm³/mol. The molecule has 24 heavy (non-hydrogen) atoms. The Morgan fingerprint density at radius 1 is 1.29 bits per heavy atom. The maximum atomic E-state index is 12.7. The number of rotatable bonds is 3. The molecule has 0 N–H and O–H groups in total. The number of carbonyl (C=O) groups is 1. The summed E-state index contributed by atoms with van der Waals surface area (Å²) in [5, 5.41) is 13.3. The van der Waals surface area contributed by atoms with Gasteiger partial charge in [0.2, 0.25) is 12.3 Å². The summed E-state index contributed by atoms with van der Waals surface area (Å²) in [6.07, 6.45) is 1.59. The molecular formula is C17H13Cl2N3O2. The first-order chi connectivity index (χ1) is 11.5. The van der Waals surface area contributed by atoms with Crippen LogP contribution in [0.15, 0.2) is 49.1 Å². The molecule has 0 aliphatic carbocycles. The molecule has 0 saturated carbocycles. The average Bonchev–Trinajstić information content (AvgIpc) is 2.64. The first-order valence-electron chi connectivity index (χ1n) is 7.17. The fourth-order valence-corrected chi connectivity index (χ4v) is 2.98. The average molecular weight is 362 g/mol. The molecule has 2 aromatic rings. The van der Waals surface area contributed by atoms with Crippen molar-refractivity contribution in [1.29, 1.82) is 0 Å². The van der Waals surface area contributed by atoms with Gasteiger partial charge in [0.1, 0.15) is 5.15 Å². The van der Waals surface area contributed by atoms with Crippen molar-refractivity contribution in [2.75, 3.05) is 18.0 Å². The van der Waals surface area contributed by atoms with Crippen LogP contribution in [0.2, 0.25) is 10.2 Å². The Morgan fingerprint density at radius 3 is 2.75 bits per heavy atom. The zero-order valence-electron chi connectivity index (χ0n) is 12.6. The van der Waals surface area contributed by atoms with Crippen LogP contribution in [0.1, 0.15) is 11.3 Å². The molecule has 0 atom stereocenters. The minimum absolute atomic E-state index is 0.220. The van der Waals surface area contributed by atoms with Crippen LogP contribution in [-0.2, 0) is 4.79 Å². The van der Waals surface area contributed by atoms with Crippen LogP contribution in [0.4, 0.5) is 5.69 Å². The number of anilines is 1. The summed E-state index contributed by atoms with van der Waals surface area (Å²) >= 11 is 12.3. The number of hydrogen-bond donors (Lipinski definition) is 0. The Balaban J connectivity index is 2.31. The van der Waals surface area contributed by atoms with E-state index >= 15 is 0 Å². The first-order valence-corrected chi connectivity index (χ1v) is 7.93. The van der Waals surface area contributed by atoms with E-state index in [2.05, 4.69) is 11.6 Å². The van der Waals surface area contributed by atoms with E-state index in [0.717, 1.165) is 0 Å². The van der Waals surface area contributed by atoms with Gasteiger partial charge in [-0.05, 0) is 24.3 Å². The smallest absolute Gasteiger partial charge is 0.294 e. The Labute approximate surface area is 149 Å². The standard InChI is InChI=1S/C17H13Cl2N3O2/c1-2-9-21-13-7-8-14(19)20-16(13)17(22(24)10-15(21)23)11-5-3-4-6-12(11)18/h2-8H,1,9-10H2. The normalized spacial score (nSPS) is 14.4. The number of pyridine rings is 1. The number of fused-ring (bicyclic) bond motifs is 1. The molecule has 0 fully saturated rings. The molecule has 5 nitrogen and oxygen atoms in total. The first kappa shape index (κ1) is 16.5. The molecule has 2 heterocycles. The second-order valence-electron chi connectivity index (χ2n) is 5.16. The third kappa shape index (κ3) is 2.88. The molecule has 0 saturated heterocycles. The van der Waals surface area contributed by atoms with Gasteiger partial charge in [-0.3, -0.25) is 4.79 Å². The molecule has 1 aromatic heterocycles. The molecule has 0 bridgehead atoms. The summed E-state index contributed by atoms with van der Waals surface area (Å²) in [5.41, 5.74) is 1.53. The van der Waals surface area contributed by atoms with Gasteiger partial charge < -0.3 is 10.1 Å². The molecule has 3 rings (SSSR count). The lowest BCUT2D eigenvalue weighted by molar-refractivity contribution is -0.443. The van der Waals surface area contributed by atoms with Crippen molar-refractivity contribution in [2.45, 2.75) is 0 Å². The van der Waals surface area contributed by atoms with Crippen molar-refractivity contribution < 1.29 is 9.53 Å². The zero-order valence-corrected chi connectivity index (χ0v) is 14.1. The fourth-order valence-electron chi connectivity index (χ4n) is 2.60. The molecule has 1 aliphatic heterocycles. The second-order valence-corrected chi connectivity index (χ2v) is 5.95. The van der Waals surface area contributed by atoms with Gasteiger partial charge in [0.25, 0.3) is 5.91 Å². The summed E-state index contributed by atoms with van der Waals surface area (Å²) in [4.78, 5) is 18.2. The lowest BCUT2D eigenvalue weighted by Gasteiger charge is -2.19. The minimum atomic E-state index is -0.350. The Morgan fingerprint density at radius 2 is 2.04 bits per heavy atom. The highest BCUT2D eigenvalue weighted by Gasteiger charge is 2.33. The van der Waals surface area contributed by atoms with Crippen molar-refractivity contribution in [3.63, 3.8) is 0 Å². The summed E-state index contributed by atoms with van der Waals surface area (Å²) in [5.74, 6) is -0.350. The van der Waals surface area contributed by atoms with Crippen molar-refractivity contribution in [3.8, 4) is 0 Å². The van der Waals surface area contributed by atoms with E-state index in [-0.39, 0.29) is 29.9 Å². The van der Waals surface area contributed by atoms with Crippen LogP contribution in [0.3, 0.4) is 0 Å². The van der Waals surface area contributed by atoms with Gasteiger partial charge in [-0.1, -0.05) is 41.4 Å². The van der Waals surface area contributed by atoms with Crippen molar-refractivity contribution >= 4 is 40.5 Å². The van der Waals surface area contributed by atoms with Crippen LogP contribution in [-0.4, -0.2) is 34.4 Å². The number of amides is 1. The van der Waals surface area contributed by atoms with E-state index in [9.17, 15) is 10.0 Å². The number of hydroxylamine groups is 1. The van der Waals surface area contributed by atoms with E-state index in [1.54, 1.807) is 42.5 Å². The molecular weight excluding hydrogens is 349 g/mol. The van der Waals surface area contributed by atoms with E-state index in [1.807, 2.05) is 0 Å². The largest absolute Gasteiger partial charge is 0.623 e. The Hall–Kier alpha value is -2.37. The molecule has 0 radical (unpaired) electrons. The third-order valence-electron chi connectivity index (χ3n) is 3.63. The Bertz CT molecular complexity index is 865. The quantitative estimate of drug-likeness (QED) is 0.364. The maximum Gasteiger partial charge on any atom is 0.294 e. The zero-order chi connectivity index (χ0) is 17.3. The van der Waals surface area contributed by atoms with Gasteiger partial charge in [0, 0.05) is 6.54 Å². The van der Waals surface area contributed by atoms with Crippen LogP contribution < -0.4 is 4.90 Å². The highest BCUT2D eigenvalue weighted by Crippen LogP contribution is 2.29. The van der Waals surface area contributed by atoms with Crippen LogP contribution >= 0.6 is 23.2 Å². The molecule has 7 heteroatoms. The lowest BCUT2D eigenvalue weighted by Crippen LogP contribution is -2.35. The summed E-state index contributed by atoms with van der Waals surface area (Å²) in [6.45, 7) is 3.58. The molecule has 1 aliphatic rings. The van der Waals surface area contributed by atoms with E-state index in [1.165, 1.54) is 4.90 Å².